The Morgan fingerprint density at radius 2 is 1.66 bits per heavy atom. The molecule has 0 aromatic heterocycles. The van der Waals surface area contributed by atoms with Crippen molar-refractivity contribution in [2.45, 2.75) is 50.9 Å². The van der Waals surface area contributed by atoms with Gasteiger partial charge in [0.25, 0.3) is 5.91 Å². The van der Waals surface area contributed by atoms with Crippen LogP contribution in [0.15, 0.2) is 72.8 Å². The van der Waals surface area contributed by atoms with Gasteiger partial charge in [0.05, 0.1) is 12.3 Å². The fourth-order valence-corrected chi connectivity index (χ4v) is 5.38. The highest BCUT2D eigenvalue weighted by atomic mass is 35.5. The zero-order valence-corrected chi connectivity index (χ0v) is 22.3. The minimum absolute atomic E-state index is 0.0633. The van der Waals surface area contributed by atoms with Crippen molar-refractivity contribution in [3.05, 3.63) is 100 Å². The van der Waals surface area contributed by atoms with Gasteiger partial charge in [0, 0.05) is 29.4 Å². The summed E-state index contributed by atoms with van der Waals surface area (Å²) in [6, 6.07) is 23.0. The molecule has 0 saturated heterocycles. The maximum absolute atomic E-state index is 14.4. The largest absolute Gasteiger partial charge is 0.481 e. The number of fused-ring (bicyclic) bond motifs is 1. The Bertz CT molecular complexity index is 1270. The van der Waals surface area contributed by atoms with E-state index in [2.05, 4.69) is 18.3 Å². The van der Waals surface area contributed by atoms with Crippen LogP contribution < -0.4 is 10.2 Å². The first-order valence-corrected chi connectivity index (χ1v) is 13.5. The normalized spacial score (nSPS) is 14.3. The molecule has 2 unspecified atom stereocenters. The van der Waals surface area contributed by atoms with Crippen LogP contribution in [0.4, 0.5) is 5.69 Å². The fraction of sp³-hybridized carbons (Fsp3) is 0.323. The molecule has 0 spiro atoms. The van der Waals surface area contributed by atoms with Gasteiger partial charge in [-0.3, -0.25) is 14.4 Å². The molecule has 0 fully saturated rings. The van der Waals surface area contributed by atoms with E-state index < -0.39 is 11.9 Å². The predicted octanol–water partition coefficient (Wildman–Crippen LogP) is 6.19. The van der Waals surface area contributed by atoms with E-state index in [-0.39, 0.29) is 30.7 Å². The average Bonchev–Trinajstić information content (AvgIpc) is 2.93. The van der Waals surface area contributed by atoms with Crippen LogP contribution in [-0.4, -0.2) is 36.0 Å². The quantitative estimate of drug-likeness (QED) is 0.326. The number of benzene rings is 3. The lowest BCUT2D eigenvalue weighted by Gasteiger charge is -2.35. The molecule has 1 aliphatic heterocycles. The van der Waals surface area contributed by atoms with E-state index in [9.17, 15) is 14.4 Å². The number of halogens is 1. The molecule has 0 aliphatic carbocycles. The number of carboxylic acid groups (broad SMARTS) is 1. The minimum atomic E-state index is -0.961. The number of aliphatic carboxylic acids is 1. The molecule has 0 radical (unpaired) electrons. The summed E-state index contributed by atoms with van der Waals surface area (Å²) in [6.45, 7) is 2.85. The lowest BCUT2D eigenvalue weighted by molar-refractivity contribution is -0.136. The number of amides is 2. The molecule has 4 rings (SSSR count). The Balaban J connectivity index is 1.67. The minimum Gasteiger partial charge on any atom is -0.481 e. The summed E-state index contributed by atoms with van der Waals surface area (Å²) in [5.74, 6) is -1.74. The van der Waals surface area contributed by atoms with Crippen molar-refractivity contribution in [1.82, 2.24) is 5.32 Å². The third kappa shape index (κ3) is 6.43. The van der Waals surface area contributed by atoms with Gasteiger partial charge < -0.3 is 15.3 Å². The summed E-state index contributed by atoms with van der Waals surface area (Å²) in [5, 5.41) is 12.1. The van der Waals surface area contributed by atoms with Crippen molar-refractivity contribution >= 4 is 35.1 Å². The molecule has 2 amide bonds. The summed E-state index contributed by atoms with van der Waals surface area (Å²) in [5.41, 5.74) is 4.51. The van der Waals surface area contributed by atoms with Gasteiger partial charge in [-0.05, 0) is 72.2 Å². The summed E-state index contributed by atoms with van der Waals surface area (Å²) >= 11 is 6.20. The van der Waals surface area contributed by atoms with E-state index in [0.29, 0.717) is 17.1 Å². The van der Waals surface area contributed by atoms with Crippen LogP contribution in [0.1, 0.15) is 71.5 Å². The molecule has 198 valence electrons. The zero-order valence-electron chi connectivity index (χ0n) is 21.5. The standard InChI is InChI=1S/C31H33ClN2O4/c1-2-6-26(21-10-12-24(13-11-21)30(37)33-19-18-28(35)36)29(23-14-16-25(32)17-15-23)31(38)34-20-5-8-22-7-3-4-9-27(22)34/h3-4,7,9-17,26,29H,2,5-6,8,18-20H2,1H3,(H,33,37)(H,35,36). The van der Waals surface area contributed by atoms with Crippen molar-refractivity contribution in [1.29, 1.82) is 0 Å². The summed E-state index contributed by atoms with van der Waals surface area (Å²) < 4.78 is 0. The van der Waals surface area contributed by atoms with Gasteiger partial charge in [0.2, 0.25) is 5.91 Å². The smallest absolute Gasteiger partial charge is 0.305 e. The zero-order chi connectivity index (χ0) is 27.1. The van der Waals surface area contributed by atoms with Gasteiger partial charge in [-0.15, -0.1) is 0 Å². The van der Waals surface area contributed by atoms with Crippen molar-refractivity contribution in [2.75, 3.05) is 18.0 Å². The Morgan fingerprint density at radius 3 is 2.34 bits per heavy atom. The second-order valence-electron chi connectivity index (χ2n) is 9.67. The Kier molecular flexibility index (Phi) is 9.19. The molecule has 0 saturated carbocycles. The van der Waals surface area contributed by atoms with Crippen molar-refractivity contribution in [3.8, 4) is 0 Å². The molecule has 6 nitrogen and oxygen atoms in total. The number of hydrogen-bond acceptors (Lipinski definition) is 3. The highest BCUT2D eigenvalue weighted by Gasteiger charge is 2.35. The van der Waals surface area contributed by atoms with Crippen molar-refractivity contribution in [2.24, 2.45) is 0 Å². The first-order valence-electron chi connectivity index (χ1n) is 13.1. The van der Waals surface area contributed by atoms with E-state index >= 15 is 0 Å². The predicted molar refractivity (Wildman–Crippen MR) is 150 cm³/mol. The topological polar surface area (TPSA) is 86.7 Å². The first-order chi connectivity index (χ1) is 18.4. The Labute approximate surface area is 228 Å². The lowest BCUT2D eigenvalue weighted by Crippen LogP contribution is -2.40. The molecule has 3 aromatic rings. The monoisotopic (exact) mass is 532 g/mol. The van der Waals surface area contributed by atoms with Crippen LogP contribution in [0.2, 0.25) is 5.02 Å². The van der Waals surface area contributed by atoms with Crippen LogP contribution in [0.3, 0.4) is 0 Å². The number of carbonyl (C=O) groups is 3. The summed E-state index contributed by atoms with van der Waals surface area (Å²) in [6.07, 6.45) is 3.42. The van der Waals surface area contributed by atoms with Gasteiger partial charge in [0.15, 0.2) is 0 Å². The van der Waals surface area contributed by atoms with E-state index in [1.807, 2.05) is 59.5 Å². The Morgan fingerprint density at radius 1 is 0.974 bits per heavy atom. The third-order valence-electron chi connectivity index (χ3n) is 7.10. The van der Waals surface area contributed by atoms with E-state index in [1.54, 1.807) is 12.1 Å². The number of nitrogens with one attached hydrogen (secondary N) is 1. The van der Waals surface area contributed by atoms with Gasteiger partial charge >= 0.3 is 5.97 Å². The van der Waals surface area contributed by atoms with E-state index in [4.69, 9.17) is 16.7 Å². The third-order valence-corrected chi connectivity index (χ3v) is 7.35. The van der Waals surface area contributed by atoms with Crippen LogP contribution in [0.25, 0.3) is 0 Å². The summed E-state index contributed by atoms with van der Waals surface area (Å²) in [4.78, 5) is 39.5. The van der Waals surface area contributed by atoms with Crippen LogP contribution >= 0.6 is 11.6 Å². The molecule has 2 N–H and O–H groups in total. The number of nitrogens with zero attached hydrogens (tertiary/aromatic N) is 1. The highest BCUT2D eigenvalue weighted by molar-refractivity contribution is 6.30. The number of para-hydroxylation sites is 1. The maximum Gasteiger partial charge on any atom is 0.305 e. The van der Waals surface area contributed by atoms with Gasteiger partial charge in [-0.25, -0.2) is 0 Å². The molecular formula is C31H33ClN2O4. The summed E-state index contributed by atoms with van der Waals surface area (Å²) in [7, 11) is 0. The number of hydrogen-bond donors (Lipinski definition) is 2. The van der Waals surface area contributed by atoms with Gasteiger partial charge in [-0.1, -0.05) is 67.4 Å². The number of aryl methyl sites for hydroxylation is 1. The molecule has 1 aliphatic rings. The SMILES string of the molecule is CCCC(c1ccc(C(=O)NCCC(=O)O)cc1)C(C(=O)N1CCCc2ccccc21)c1ccc(Cl)cc1. The van der Waals surface area contributed by atoms with Gasteiger partial charge in [-0.2, -0.15) is 0 Å². The Hall–Kier alpha value is -3.64. The van der Waals surface area contributed by atoms with E-state index in [0.717, 1.165) is 42.5 Å². The number of carbonyl (C=O) groups excluding carboxylic acids is 2. The average molecular weight is 533 g/mol. The molecule has 38 heavy (non-hydrogen) atoms. The second kappa shape index (κ2) is 12.7. The molecule has 7 heteroatoms. The van der Waals surface area contributed by atoms with Crippen LogP contribution in [0.5, 0.6) is 0 Å². The van der Waals surface area contributed by atoms with Crippen LogP contribution in [-0.2, 0) is 16.0 Å². The molecule has 1 heterocycles. The highest BCUT2D eigenvalue weighted by Crippen LogP contribution is 2.40. The number of rotatable bonds is 10. The van der Waals surface area contributed by atoms with Crippen molar-refractivity contribution < 1.29 is 19.5 Å². The molecule has 0 bridgehead atoms. The van der Waals surface area contributed by atoms with Crippen LogP contribution in [0, 0.1) is 0 Å². The van der Waals surface area contributed by atoms with Crippen molar-refractivity contribution in [3.63, 3.8) is 0 Å². The molecule has 3 aromatic carbocycles. The molecular weight excluding hydrogens is 500 g/mol. The number of carboxylic acids is 1. The second-order valence-corrected chi connectivity index (χ2v) is 10.1. The number of anilines is 1. The first kappa shape index (κ1) is 27.4. The fourth-order valence-electron chi connectivity index (χ4n) is 5.25. The van der Waals surface area contributed by atoms with E-state index in [1.165, 1.54) is 5.56 Å². The van der Waals surface area contributed by atoms with Gasteiger partial charge in [0.1, 0.15) is 0 Å². The lowest BCUT2D eigenvalue weighted by atomic mass is 9.77. The maximum atomic E-state index is 14.4. The molecule has 2 atom stereocenters.